The van der Waals surface area contributed by atoms with Crippen LogP contribution in [0.2, 0.25) is 5.02 Å². The van der Waals surface area contributed by atoms with E-state index in [0.717, 1.165) is 6.07 Å². The van der Waals surface area contributed by atoms with Gasteiger partial charge >= 0.3 is 6.18 Å². The quantitative estimate of drug-likeness (QED) is 0.636. The lowest BCUT2D eigenvalue weighted by Gasteiger charge is -2.08. The zero-order valence-corrected chi connectivity index (χ0v) is 8.22. The summed E-state index contributed by atoms with van der Waals surface area (Å²) < 4.78 is 37.2. The second-order valence-electron chi connectivity index (χ2n) is 2.75. The largest absolute Gasteiger partial charge is 0.417 e. The average Bonchev–Trinajstić information content (AvgIpc) is 2.47. The summed E-state index contributed by atoms with van der Waals surface area (Å²) in [6.07, 6.45) is -4.40. The Hall–Kier alpha value is -0.740. The molecule has 1 aromatic heterocycles. The third kappa shape index (κ3) is 1.60. The molecule has 0 saturated carbocycles. The van der Waals surface area contributed by atoms with Crippen molar-refractivity contribution in [2.24, 2.45) is 0 Å². The van der Waals surface area contributed by atoms with Crippen LogP contribution in [0.1, 0.15) is 5.56 Å². The van der Waals surface area contributed by atoms with Crippen LogP contribution in [0.5, 0.6) is 0 Å². The van der Waals surface area contributed by atoms with Crippen LogP contribution < -0.4 is 0 Å². The normalized spacial score (nSPS) is 12.3. The summed E-state index contributed by atoms with van der Waals surface area (Å²) in [5.41, 5.74) is -0.793. The molecule has 1 radical (unpaired) electrons. The summed E-state index contributed by atoms with van der Waals surface area (Å²) in [6, 6.07) is 2.33. The Morgan fingerprint density at radius 1 is 1.29 bits per heavy atom. The first kappa shape index (κ1) is 9.80. The highest BCUT2D eigenvalue weighted by atomic mass is 35.5. The number of fused-ring (bicyclic) bond motifs is 1. The first-order valence-corrected chi connectivity index (χ1v) is 4.90. The van der Waals surface area contributed by atoms with E-state index in [0.29, 0.717) is 10.8 Å². The van der Waals surface area contributed by atoms with Crippen LogP contribution >= 0.6 is 22.9 Å². The molecule has 0 amide bonds. The minimum atomic E-state index is -4.40. The second-order valence-corrected chi connectivity index (χ2v) is 3.84. The second kappa shape index (κ2) is 3.14. The van der Waals surface area contributed by atoms with Gasteiger partial charge in [0.15, 0.2) is 0 Å². The van der Waals surface area contributed by atoms with Gasteiger partial charge in [0.05, 0.1) is 16.0 Å². The summed E-state index contributed by atoms with van der Waals surface area (Å²) in [6.45, 7) is 0. The fourth-order valence-electron chi connectivity index (χ4n) is 1.15. The molecule has 0 atom stereocenters. The fourth-order valence-corrected chi connectivity index (χ4v) is 2.11. The maximum absolute atomic E-state index is 12.4. The van der Waals surface area contributed by atoms with Gasteiger partial charge < -0.3 is 0 Å². The number of thiophene rings is 1. The Bertz CT molecular complexity index is 472. The van der Waals surface area contributed by atoms with E-state index in [4.69, 9.17) is 11.6 Å². The highest BCUT2D eigenvalue weighted by Gasteiger charge is 2.33. The summed E-state index contributed by atoms with van der Waals surface area (Å²) in [5, 5.41) is 5.30. The van der Waals surface area contributed by atoms with E-state index in [1.165, 1.54) is 17.4 Å². The molecule has 73 valence electrons. The summed E-state index contributed by atoms with van der Waals surface area (Å²) in [7, 11) is 0. The molecule has 5 heteroatoms. The minimum absolute atomic E-state index is 0.278. The zero-order chi connectivity index (χ0) is 10.3. The van der Waals surface area contributed by atoms with Crippen molar-refractivity contribution in [3.63, 3.8) is 0 Å². The van der Waals surface area contributed by atoms with Crippen molar-refractivity contribution >= 4 is 33.7 Å². The Morgan fingerprint density at radius 2 is 2.00 bits per heavy atom. The lowest BCUT2D eigenvalue weighted by molar-refractivity contribution is -0.137. The molecule has 2 rings (SSSR count). The molecule has 0 bridgehead atoms. The predicted molar refractivity (Wildman–Crippen MR) is 50.7 cm³/mol. The molecule has 0 aliphatic rings. The van der Waals surface area contributed by atoms with Gasteiger partial charge in [-0.2, -0.15) is 13.2 Å². The van der Waals surface area contributed by atoms with Crippen molar-refractivity contribution < 1.29 is 13.2 Å². The monoisotopic (exact) mass is 235 g/mol. The summed E-state index contributed by atoms with van der Waals surface area (Å²) in [4.78, 5) is 0. The molecule has 0 saturated heterocycles. The molecule has 0 aliphatic carbocycles. The third-order valence-corrected chi connectivity index (χ3v) is 2.82. The van der Waals surface area contributed by atoms with Crippen LogP contribution in [0.3, 0.4) is 0 Å². The van der Waals surface area contributed by atoms with Crippen LogP contribution in [0, 0.1) is 5.38 Å². The Labute approximate surface area is 86.9 Å². The number of halogens is 4. The molecule has 0 fully saturated rings. The van der Waals surface area contributed by atoms with Crippen LogP contribution in [0.25, 0.3) is 10.8 Å². The van der Waals surface area contributed by atoms with Gasteiger partial charge in [0.1, 0.15) is 0 Å². The molecule has 0 aliphatic heterocycles. The fraction of sp³-hybridized carbons (Fsp3) is 0.111. The maximum atomic E-state index is 12.4. The minimum Gasteiger partial charge on any atom is -0.166 e. The summed E-state index contributed by atoms with van der Waals surface area (Å²) in [5.74, 6) is 0. The molecule has 1 aromatic carbocycles. The molecule has 0 spiro atoms. The molecule has 2 aromatic rings. The first-order chi connectivity index (χ1) is 6.48. The van der Waals surface area contributed by atoms with Crippen molar-refractivity contribution in [1.82, 2.24) is 0 Å². The van der Waals surface area contributed by atoms with E-state index in [2.05, 4.69) is 5.38 Å². The Balaban J connectivity index is 2.71. The van der Waals surface area contributed by atoms with Gasteiger partial charge in [-0.05, 0) is 22.9 Å². The number of hydrogen-bond acceptors (Lipinski definition) is 1. The topological polar surface area (TPSA) is 0 Å². The highest BCUT2D eigenvalue weighted by molar-refractivity contribution is 7.08. The molecule has 14 heavy (non-hydrogen) atoms. The van der Waals surface area contributed by atoms with E-state index in [9.17, 15) is 13.2 Å². The van der Waals surface area contributed by atoms with Gasteiger partial charge in [-0.3, -0.25) is 0 Å². The van der Waals surface area contributed by atoms with Crippen LogP contribution in [0.4, 0.5) is 13.2 Å². The number of alkyl halides is 3. The number of benzene rings is 1. The van der Waals surface area contributed by atoms with Gasteiger partial charge in [-0.1, -0.05) is 11.6 Å². The van der Waals surface area contributed by atoms with E-state index in [-0.39, 0.29) is 5.02 Å². The average molecular weight is 236 g/mol. The standard InChI is InChI=1S/C9H3ClF3S/c10-8-2-6-4-14-3-5(6)1-7(8)9(11,12)13/h1-3H. The number of hydrogen-bond donors (Lipinski definition) is 0. The zero-order valence-electron chi connectivity index (χ0n) is 6.65. The van der Waals surface area contributed by atoms with Gasteiger partial charge in [0, 0.05) is 5.39 Å². The van der Waals surface area contributed by atoms with Gasteiger partial charge in [0.25, 0.3) is 0 Å². The maximum Gasteiger partial charge on any atom is 0.417 e. The number of rotatable bonds is 0. The Kier molecular flexibility index (Phi) is 2.20. The van der Waals surface area contributed by atoms with E-state index in [1.807, 2.05) is 0 Å². The molecule has 0 nitrogen and oxygen atoms in total. The summed E-state index contributed by atoms with van der Waals surface area (Å²) >= 11 is 6.74. The predicted octanol–water partition coefficient (Wildman–Crippen LogP) is 4.37. The van der Waals surface area contributed by atoms with Crippen molar-refractivity contribution in [3.8, 4) is 0 Å². The van der Waals surface area contributed by atoms with E-state index in [1.54, 1.807) is 5.38 Å². The third-order valence-electron chi connectivity index (χ3n) is 1.80. The van der Waals surface area contributed by atoms with Crippen molar-refractivity contribution in [3.05, 3.63) is 33.5 Å². The van der Waals surface area contributed by atoms with Crippen LogP contribution in [-0.2, 0) is 6.18 Å². The van der Waals surface area contributed by atoms with E-state index >= 15 is 0 Å². The molecular weight excluding hydrogens is 233 g/mol. The van der Waals surface area contributed by atoms with Crippen LogP contribution in [0.15, 0.2) is 17.5 Å². The molecular formula is C9H3ClF3S. The lowest BCUT2D eigenvalue weighted by Crippen LogP contribution is -2.05. The van der Waals surface area contributed by atoms with Crippen molar-refractivity contribution in [2.45, 2.75) is 6.18 Å². The van der Waals surface area contributed by atoms with Crippen LogP contribution in [-0.4, -0.2) is 0 Å². The molecule has 0 unspecified atom stereocenters. The lowest BCUT2D eigenvalue weighted by atomic mass is 10.1. The molecule has 0 N–H and O–H groups in total. The van der Waals surface area contributed by atoms with Gasteiger partial charge in [-0.15, -0.1) is 11.3 Å². The van der Waals surface area contributed by atoms with E-state index < -0.39 is 11.7 Å². The molecule has 1 heterocycles. The SMILES string of the molecule is FC(F)(F)c1cc2cs[c]c2cc1Cl. The van der Waals surface area contributed by atoms with Gasteiger partial charge in [-0.25, -0.2) is 0 Å². The smallest absolute Gasteiger partial charge is 0.166 e. The van der Waals surface area contributed by atoms with Crippen molar-refractivity contribution in [2.75, 3.05) is 0 Å². The van der Waals surface area contributed by atoms with Crippen molar-refractivity contribution in [1.29, 1.82) is 0 Å². The highest BCUT2D eigenvalue weighted by Crippen LogP contribution is 2.37. The van der Waals surface area contributed by atoms with Gasteiger partial charge in [0.2, 0.25) is 0 Å². The Morgan fingerprint density at radius 3 is 2.64 bits per heavy atom. The first-order valence-electron chi connectivity index (χ1n) is 3.64.